The van der Waals surface area contributed by atoms with Crippen LogP contribution in [-0.4, -0.2) is 38.5 Å². The third-order valence-corrected chi connectivity index (χ3v) is 3.94. The summed E-state index contributed by atoms with van der Waals surface area (Å²) in [6.45, 7) is 4.89. The Morgan fingerprint density at radius 2 is 2.00 bits per heavy atom. The van der Waals surface area contributed by atoms with Crippen LogP contribution < -0.4 is 20.1 Å². The molecule has 0 atom stereocenters. The molecule has 0 aromatic heterocycles. The summed E-state index contributed by atoms with van der Waals surface area (Å²) in [5, 5.41) is 6.02. The molecule has 0 saturated carbocycles. The monoisotopic (exact) mass is 310 g/mol. The van der Waals surface area contributed by atoms with E-state index in [1.165, 1.54) is 0 Å². The van der Waals surface area contributed by atoms with Gasteiger partial charge in [0, 0.05) is 18.0 Å². The van der Waals surface area contributed by atoms with Crippen molar-refractivity contribution in [2.45, 2.75) is 24.8 Å². The van der Waals surface area contributed by atoms with Crippen molar-refractivity contribution >= 4 is 17.7 Å². The molecule has 1 amide bonds. The molecular formula is C15H22N2O3S. The van der Waals surface area contributed by atoms with Gasteiger partial charge in [-0.3, -0.25) is 4.79 Å². The molecule has 2 N–H and O–H groups in total. The van der Waals surface area contributed by atoms with Gasteiger partial charge in [0.05, 0.1) is 6.54 Å². The van der Waals surface area contributed by atoms with Crippen LogP contribution in [0.2, 0.25) is 0 Å². The summed E-state index contributed by atoms with van der Waals surface area (Å²) in [6.07, 6.45) is 2.98. The number of nitrogens with one attached hydrogen (secondary N) is 2. The highest BCUT2D eigenvalue weighted by Crippen LogP contribution is 2.36. The molecule has 1 heterocycles. The van der Waals surface area contributed by atoms with Crippen LogP contribution in [0.1, 0.15) is 18.9 Å². The van der Waals surface area contributed by atoms with E-state index in [0.29, 0.717) is 26.3 Å². The lowest BCUT2D eigenvalue weighted by Crippen LogP contribution is -2.34. The van der Waals surface area contributed by atoms with Crippen molar-refractivity contribution in [3.63, 3.8) is 0 Å². The minimum absolute atomic E-state index is 0.0279. The van der Waals surface area contributed by atoms with Gasteiger partial charge < -0.3 is 20.1 Å². The maximum absolute atomic E-state index is 11.6. The van der Waals surface area contributed by atoms with Gasteiger partial charge in [0.1, 0.15) is 13.2 Å². The van der Waals surface area contributed by atoms with E-state index in [9.17, 15) is 4.79 Å². The Kier molecular flexibility index (Phi) is 6.20. The molecule has 2 rings (SSSR count). The van der Waals surface area contributed by atoms with E-state index in [-0.39, 0.29) is 5.91 Å². The lowest BCUT2D eigenvalue weighted by Gasteiger charge is -2.20. The van der Waals surface area contributed by atoms with Gasteiger partial charge in [-0.1, -0.05) is 6.92 Å². The average Bonchev–Trinajstić information content (AvgIpc) is 2.52. The largest absolute Gasteiger partial charge is 0.486 e. The maximum atomic E-state index is 11.6. The average molecular weight is 310 g/mol. The quantitative estimate of drug-likeness (QED) is 0.752. The standard InChI is InChI=1S/C15H22N2O3S/c1-3-4-17-15(18)10-16-9-11-7-12-13(8-14(11)21-2)20-6-5-19-12/h7-8,16H,3-6,9-10H2,1-2H3,(H,17,18). The van der Waals surface area contributed by atoms with Crippen LogP contribution in [0.5, 0.6) is 11.5 Å². The maximum Gasteiger partial charge on any atom is 0.233 e. The van der Waals surface area contributed by atoms with E-state index < -0.39 is 0 Å². The Morgan fingerprint density at radius 1 is 1.29 bits per heavy atom. The molecule has 116 valence electrons. The normalized spacial score (nSPS) is 13.0. The Morgan fingerprint density at radius 3 is 2.67 bits per heavy atom. The van der Waals surface area contributed by atoms with Gasteiger partial charge in [-0.15, -0.1) is 11.8 Å². The molecule has 0 fully saturated rings. The second kappa shape index (κ2) is 8.14. The molecule has 5 nitrogen and oxygen atoms in total. The van der Waals surface area contributed by atoms with Crippen LogP contribution in [0.4, 0.5) is 0 Å². The van der Waals surface area contributed by atoms with Crippen molar-refractivity contribution < 1.29 is 14.3 Å². The predicted octanol–water partition coefficient (Wildman–Crippen LogP) is 1.80. The fourth-order valence-electron chi connectivity index (χ4n) is 2.08. The minimum atomic E-state index is 0.0279. The number of rotatable bonds is 7. The van der Waals surface area contributed by atoms with E-state index >= 15 is 0 Å². The molecule has 21 heavy (non-hydrogen) atoms. The number of hydrogen-bond acceptors (Lipinski definition) is 5. The molecule has 1 aromatic rings. The molecule has 0 unspecified atom stereocenters. The highest BCUT2D eigenvalue weighted by atomic mass is 32.2. The number of ether oxygens (including phenoxy) is 2. The zero-order chi connectivity index (χ0) is 15.1. The van der Waals surface area contributed by atoms with E-state index in [4.69, 9.17) is 9.47 Å². The van der Waals surface area contributed by atoms with Gasteiger partial charge in [0.25, 0.3) is 0 Å². The molecule has 6 heteroatoms. The first kappa shape index (κ1) is 16.0. The third-order valence-electron chi connectivity index (χ3n) is 3.12. The van der Waals surface area contributed by atoms with E-state index in [1.807, 2.05) is 25.3 Å². The SMILES string of the molecule is CCCNC(=O)CNCc1cc2c(cc1SC)OCCO2. The van der Waals surface area contributed by atoms with Crippen LogP contribution in [0, 0.1) is 0 Å². The Hall–Kier alpha value is -1.40. The number of fused-ring (bicyclic) bond motifs is 1. The predicted molar refractivity (Wildman–Crippen MR) is 84.2 cm³/mol. The summed E-state index contributed by atoms with van der Waals surface area (Å²) >= 11 is 1.66. The topological polar surface area (TPSA) is 59.6 Å². The second-order valence-corrected chi connectivity index (χ2v) is 5.61. The van der Waals surface area contributed by atoms with Crippen LogP contribution in [0.25, 0.3) is 0 Å². The van der Waals surface area contributed by atoms with Crippen molar-refractivity contribution in [3.05, 3.63) is 17.7 Å². The van der Waals surface area contributed by atoms with E-state index in [0.717, 1.165) is 34.9 Å². The van der Waals surface area contributed by atoms with Crippen LogP contribution >= 0.6 is 11.8 Å². The second-order valence-electron chi connectivity index (χ2n) is 4.76. The summed E-state index contributed by atoms with van der Waals surface area (Å²) in [7, 11) is 0. The number of amides is 1. The van der Waals surface area contributed by atoms with Gasteiger partial charge in [0.2, 0.25) is 5.91 Å². The Bertz CT molecular complexity index is 494. The number of carbonyl (C=O) groups excluding carboxylic acids is 1. The molecule has 0 radical (unpaired) electrons. The fourth-order valence-corrected chi connectivity index (χ4v) is 2.70. The van der Waals surface area contributed by atoms with Gasteiger partial charge in [-0.2, -0.15) is 0 Å². The van der Waals surface area contributed by atoms with Gasteiger partial charge >= 0.3 is 0 Å². The van der Waals surface area contributed by atoms with Crippen molar-refractivity contribution in [1.82, 2.24) is 10.6 Å². The summed E-state index contributed by atoms with van der Waals surface area (Å²) < 4.78 is 11.2. The minimum Gasteiger partial charge on any atom is -0.486 e. The van der Waals surface area contributed by atoms with Crippen molar-refractivity contribution in [1.29, 1.82) is 0 Å². The molecular weight excluding hydrogens is 288 g/mol. The van der Waals surface area contributed by atoms with Crippen LogP contribution in [-0.2, 0) is 11.3 Å². The molecule has 0 bridgehead atoms. The molecule has 1 aromatic carbocycles. The summed E-state index contributed by atoms with van der Waals surface area (Å²) in [6, 6.07) is 4.00. The number of carbonyl (C=O) groups is 1. The fraction of sp³-hybridized carbons (Fsp3) is 0.533. The van der Waals surface area contributed by atoms with Crippen LogP contribution in [0.3, 0.4) is 0 Å². The number of benzene rings is 1. The number of hydrogen-bond donors (Lipinski definition) is 2. The molecule has 0 saturated heterocycles. The third kappa shape index (κ3) is 4.54. The van der Waals surface area contributed by atoms with Crippen molar-refractivity contribution in [2.75, 3.05) is 32.6 Å². The Balaban J connectivity index is 1.94. The zero-order valence-electron chi connectivity index (χ0n) is 12.5. The first-order valence-corrected chi connectivity index (χ1v) is 8.41. The molecule has 0 spiro atoms. The zero-order valence-corrected chi connectivity index (χ0v) is 13.3. The van der Waals surface area contributed by atoms with E-state index in [1.54, 1.807) is 11.8 Å². The lowest BCUT2D eigenvalue weighted by molar-refractivity contribution is -0.120. The first-order chi connectivity index (χ1) is 10.2. The molecule has 1 aliphatic heterocycles. The highest BCUT2D eigenvalue weighted by molar-refractivity contribution is 7.98. The number of thioether (sulfide) groups is 1. The van der Waals surface area contributed by atoms with Gasteiger partial charge in [0.15, 0.2) is 11.5 Å². The van der Waals surface area contributed by atoms with Gasteiger partial charge in [-0.25, -0.2) is 0 Å². The highest BCUT2D eigenvalue weighted by Gasteiger charge is 2.15. The summed E-state index contributed by atoms with van der Waals surface area (Å²) in [4.78, 5) is 12.7. The summed E-state index contributed by atoms with van der Waals surface area (Å²) in [5.74, 6) is 1.61. The van der Waals surface area contributed by atoms with Crippen molar-refractivity contribution in [2.24, 2.45) is 0 Å². The smallest absolute Gasteiger partial charge is 0.233 e. The van der Waals surface area contributed by atoms with Crippen LogP contribution in [0.15, 0.2) is 17.0 Å². The van der Waals surface area contributed by atoms with Gasteiger partial charge in [-0.05, 0) is 30.4 Å². The Labute approximate surface area is 129 Å². The van der Waals surface area contributed by atoms with E-state index in [2.05, 4.69) is 10.6 Å². The lowest BCUT2D eigenvalue weighted by atomic mass is 10.2. The molecule has 0 aliphatic carbocycles. The summed E-state index contributed by atoms with van der Waals surface area (Å²) in [5.41, 5.74) is 1.12. The van der Waals surface area contributed by atoms with Crippen molar-refractivity contribution in [3.8, 4) is 11.5 Å². The molecule has 1 aliphatic rings. The first-order valence-electron chi connectivity index (χ1n) is 7.18.